The molecule has 0 atom stereocenters. The molecule has 0 saturated heterocycles. The van der Waals surface area contributed by atoms with Crippen molar-refractivity contribution in [2.24, 2.45) is 0 Å². The second-order valence-corrected chi connectivity index (χ2v) is 13.0. The van der Waals surface area contributed by atoms with Gasteiger partial charge in [-0.05, 0) is 77.0 Å². The van der Waals surface area contributed by atoms with E-state index in [9.17, 15) is 0 Å². The predicted octanol–water partition coefficient (Wildman–Crippen LogP) is 8.20. The monoisotopic (exact) mass is 596 g/mol. The number of unbranched alkanes of at least 4 members (excludes halogenated alkanes) is 16. The van der Waals surface area contributed by atoms with Gasteiger partial charge < -0.3 is 0 Å². The molecule has 242 valence electrons. The van der Waals surface area contributed by atoms with Gasteiger partial charge in [0.1, 0.15) is 37.2 Å². The first-order valence-corrected chi connectivity index (χ1v) is 18.4. The van der Waals surface area contributed by atoms with Crippen LogP contribution in [0.5, 0.6) is 0 Å². The van der Waals surface area contributed by atoms with E-state index in [2.05, 4.69) is 97.4 Å². The summed E-state index contributed by atoms with van der Waals surface area (Å²) >= 11 is 0. The molecule has 0 saturated carbocycles. The average Bonchev–Trinajstić information content (AvgIpc) is 3.78. The van der Waals surface area contributed by atoms with Crippen LogP contribution in [-0.4, -0.2) is 13.7 Å². The Hall–Kier alpha value is -2.37. The highest BCUT2D eigenvalue weighted by Gasteiger charge is 2.07. The van der Waals surface area contributed by atoms with E-state index in [0.29, 0.717) is 0 Å². The van der Waals surface area contributed by atoms with Crippen molar-refractivity contribution in [1.82, 2.24) is 13.7 Å². The molecule has 0 aliphatic carbocycles. The van der Waals surface area contributed by atoms with Crippen LogP contribution in [0.2, 0.25) is 0 Å². The molecule has 3 rings (SSSR count). The second kappa shape index (κ2) is 23.1. The van der Waals surface area contributed by atoms with Crippen LogP contribution in [0.3, 0.4) is 0 Å². The van der Waals surface area contributed by atoms with Crippen molar-refractivity contribution in [3.8, 4) is 0 Å². The minimum atomic E-state index is 1.14. The number of aryl methyl sites for hydroxylation is 6. The first-order valence-electron chi connectivity index (χ1n) is 18.4. The number of nitrogens with zero attached hydrogens (tertiary/aromatic N) is 6. The van der Waals surface area contributed by atoms with Crippen molar-refractivity contribution in [3.63, 3.8) is 0 Å². The van der Waals surface area contributed by atoms with Crippen LogP contribution in [0, 0.1) is 0 Å². The smallest absolute Gasteiger partial charge is 0.237 e. The topological polar surface area (TPSA) is 26.4 Å². The maximum atomic E-state index is 2.38. The summed E-state index contributed by atoms with van der Waals surface area (Å²) in [5, 5.41) is 0. The summed E-state index contributed by atoms with van der Waals surface area (Å²) in [7, 11) is 0. The van der Waals surface area contributed by atoms with Crippen LogP contribution in [0.4, 0.5) is 0 Å². The lowest BCUT2D eigenvalue weighted by molar-refractivity contribution is -0.697. The van der Waals surface area contributed by atoms with Gasteiger partial charge in [-0.1, -0.05) is 65.2 Å². The highest BCUT2D eigenvalue weighted by Crippen LogP contribution is 2.07. The van der Waals surface area contributed by atoms with E-state index >= 15 is 0 Å². The molecule has 0 spiro atoms. The molecule has 0 radical (unpaired) electrons. The molecule has 0 N–H and O–H groups in total. The molecular weight excluding hydrogens is 528 g/mol. The summed E-state index contributed by atoms with van der Waals surface area (Å²) in [5.41, 5.74) is 0. The first kappa shape index (κ1) is 35.1. The van der Waals surface area contributed by atoms with E-state index < -0.39 is 0 Å². The van der Waals surface area contributed by atoms with Gasteiger partial charge in [0.15, 0.2) is 0 Å². The maximum Gasteiger partial charge on any atom is 0.243 e. The molecule has 3 aromatic rings. The fraction of sp³-hybridized carbons (Fsp3) is 0.757. The van der Waals surface area contributed by atoms with Crippen LogP contribution in [-0.2, 0) is 39.3 Å². The molecule has 3 aromatic heterocycles. The highest BCUT2D eigenvalue weighted by atomic mass is 15.1. The zero-order valence-electron chi connectivity index (χ0n) is 28.3. The van der Waals surface area contributed by atoms with Crippen molar-refractivity contribution in [1.29, 1.82) is 0 Å². The summed E-state index contributed by atoms with van der Waals surface area (Å²) in [5.74, 6) is 0. The molecule has 0 aliphatic rings. The van der Waals surface area contributed by atoms with Crippen molar-refractivity contribution < 1.29 is 13.7 Å². The van der Waals surface area contributed by atoms with Crippen LogP contribution >= 0.6 is 0 Å². The highest BCUT2D eigenvalue weighted by molar-refractivity contribution is 4.68. The lowest BCUT2D eigenvalue weighted by Gasteiger charge is -2.00. The van der Waals surface area contributed by atoms with Crippen LogP contribution in [0.25, 0.3) is 0 Å². The number of imidazole rings is 3. The van der Waals surface area contributed by atoms with Crippen molar-refractivity contribution in [2.75, 3.05) is 0 Å². The lowest BCUT2D eigenvalue weighted by Crippen LogP contribution is -2.31. The van der Waals surface area contributed by atoms with Crippen LogP contribution in [0.1, 0.15) is 142 Å². The Morgan fingerprint density at radius 1 is 0.349 bits per heavy atom. The van der Waals surface area contributed by atoms with E-state index in [1.54, 1.807) is 0 Å². The van der Waals surface area contributed by atoms with E-state index in [0.717, 1.165) is 26.2 Å². The summed E-state index contributed by atoms with van der Waals surface area (Å²) < 4.78 is 14.2. The Balaban J connectivity index is 1.13. The maximum absolute atomic E-state index is 2.38. The lowest BCUT2D eigenvalue weighted by atomic mass is 10.1. The average molecular weight is 596 g/mol. The van der Waals surface area contributed by atoms with E-state index in [1.165, 1.54) is 142 Å². The summed E-state index contributed by atoms with van der Waals surface area (Å²) in [4.78, 5) is 0. The fourth-order valence-corrected chi connectivity index (χ4v) is 6.14. The first-order chi connectivity index (χ1) is 21.3. The fourth-order valence-electron chi connectivity index (χ4n) is 6.14. The van der Waals surface area contributed by atoms with E-state index in [1.807, 2.05) is 0 Å². The molecular formula is C37H67N6+3. The van der Waals surface area contributed by atoms with Gasteiger partial charge in [0, 0.05) is 0 Å². The van der Waals surface area contributed by atoms with Gasteiger partial charge in [0.05, 0.1) is 39.3 Å². The van der Waals surface area contributed by atoms with Crippen molar-refractivity contribution in [3.05, 3.63) is 56.2 Å². The Kier molecular flexibility index (Phi) is 18.8. The van der Waals surface area contributed by atoms with Gasteiger partial charge in [-0.2, -0.15) is 0 Å². The minimum absolute atomic E-state index is 1.14. The van der Waals surface area contributed by atoms with E-state index in [-0.39, 0.29) is 0 Å². The zero-order valence-corrected chi connectivity index (χ0v) is 28.3. The largest absolute Gasteiger partial charge is 0.243 e. The van der Waals surface area contributed by atoms with Crippen LogP contribution in [0.15, 0.2) is 56.2 Å². The van der Waals surface area contributed by atoms with Gasteiger partial charge in [-0.3, -0.25) is 0 Å². The molecule has 43 heavy (non-hydrogen) atoms. The number of hydrogen-bond donors (Lipinski definition) is 0. The number of aromatic nitrogens is 6. The Morgan fingerprint density at radius 3 is 0.953 bits per heavy atom. The van der Waals surface area contributed by atoms with Gasteiger partial charge in [0.2, 0.25) is 19.0 Å². The van der Waals surface area contributed by atoms with Gasteiger partial charge >= 0.3 is 0 Å². The molecule has 0 amide bonds. The Bertz CT molecular complexity index is 966. The third-order valence-electron chi connectivity index (χ3n) is 8.94. The number of rotatable bonds is 28. The molecule has 6 nitrogen and oxygen atoms in total. The third kappa shape index (κ3) is 16.3. The second-order valence-electron chi connectivity index (χ2n) is 13.0. The molecule has 0 fully saturated rings. The van der Waals surface area contributed by atoms with Crippen LogP contribution < -0.4 is 13.7 Å². The molecule has 0 aromatic carbocycles. The predicted molar refractivity (Wildman–Crippen MR) is 178 cm³/mol. The molecule has 0 unspecified atom stereocenters. The van der Waals surface area contributed by atoms with Gasteiger partial charge in [-0.25, -0.2) is 27.4 Å². The molecule has 3 heterocycles. The van der Waals surface area contributed by atoms with Crippen molar-refractivity contribution in [2.45, 2.75) is 182 Å². The quantitative estimate of drug-likeness (QED) is 0.0598. The molecule has 0 bridgehead atoms. The third-order valence-corrected chi connectivity index (χ3v) is 8.94. The van der Waals surface area contributed by atoms with Crippen molar-refractivity contribution >= 4 is 0 Å². The minimum Gasteiger partial charge on any atom is -0.237 e. The Labute approximate surface area is 264 Å². The zero-order chi connectivity index (χ0) is 30.2. The molecule has 6 heteroatoms. The summed E-state index contributed by atoms with van der Waals surface area (Å²) in [6, 6.07) is 0. The van der Waals surface area contributed by atoms with Gasteiger partial charge in [0.25, 0.3) is 0 Å². The normalized spacial score (nSPS) is 11.6. The summed E-state index contributed by atoms with van der Waals surface area (Å²) in [6.45, 7) is 11.5. The Morgan fingerprint density at radius 2 is 0.628 bits per heavy atom. The summed E-state index contributed by atoms with van der Waals surface area (Å²) in [6.07, 6.45) is 47.2. The standard InChI is InChI=1S/C37H67N6/c1-3-5-7-9-11-17-23-38-29-31-40(35-38)25-19-13-15-21-27-42-33-34-43(37-42)28-22-16-14-20-26-41-32-30-39(36-41)24-18-12-10-8-6-4-2/h29-37H,3-28H2,1-2H3/q+3. The molecule has 0 aliphatic heterocycles. The van der Waals surface area contributed by atoms with E-state index in [4.69, 9.17) is 0 Å². The number of hydrogen-bond acceptors (Lipinski definition) is 0. The SMILES string of the molecule is CCCCCCCC[n+]1ccn(CCCCCCn2cc[n+](CCCCCCn3cc[n+](CCCCCCCC)c3)c2)c1. The van der Waals surface area contributed by atoms with Gasteiger partial charge in [-0.15, -0.1) is 0 Å².